The van der Waals surface area contributed by atoms with Gasteiger partial charge in [-0.15, -0.1) is 22.7 Å². The largest absolute Gasteiger partial charge is 0.128 e. The third kappa shape index (κ3) is 2.78. The van der Waals surface area contributed by atoms with Crippen LogP contribution in [0, 0.1) is 0 Å². The van der Waals surface area contributed by atoms with E-state index in [1.807, 2.05) is 22.7 Å². The summed E-state index contributed by atoms with van der Waals surface area (Å²) in [5, 5.41) is 2.77. The third-order valence-corrected chi connectivity index (χ3v) is 8.90. The van der Waals surface area contributed by atoms with Crippen LogP contribution < -0.4 is 0 Å². The van der Waals surface area contributed by atoms with E-state index in [-0.39, 0.29) is 0 Å². The van der Waals surface area contributed by atoms with Crippen molar-refractivity contribution in [3.05, 3.63) is 29.2 Å². The number of fused-ring (bicyclic) bond motifs is 3. The average Bonchev–Trinajstić information content (AvgIpc) is 2.95. The Labute approximate surface area is 158 Å². The first kappa shape index (κ1) is 16.4. The Kier molecular flexibility index (Phi) is 5.16. The Bertz CT molecular complexity index is 814. The highest BCUT2D eigenvalue weighted by molar-refractivity contribution is 9.13. The summed E-state index contributed by atoms with van der Waals surface area (Å²) < 4.78 is 6.55. The number of halogens is 3. The average molecular weight is 511 g/mol. The molecule has 1 aromatic carbocycles. The molecule has 112 valence electrons. The fourth-order valence-electron chi connectivity index (χ4n) is 2.91. The molecule has 0 bridgehead atoms. The van der Waals surface area contributed by atoms with Crippen molar-refractivity contribution in [2.45, 2.75) is 39.5 Å². The van der Waals surface area contributed by atoms with Crippen LogP contribution in [0.5, 0.6) is 0 Å². The maximum atomic E-state index is 3.78. The number of hydrogen-bond acceptors (Lipinski definition) is 2. The van der Waals surface area contributed by atoms with Crippen LogP contribution >= 0.6 is 70.5 Å². The number of rotatable bonds is 4. The monoisotopic (exact) mass is 508 g/mol. The first-order valence-electron chi connectivity index (χ1n) is 7.08. The Morgan fingerprint density at radius 1 is 0.905 bits per heavy atom. The van der Waals surface area contributed by atoms with Gasteiger partial charge in [-0.3, -0.25) is 0 Å². The number of hydrogen-bond donors (Lipinski definition) is 0. The summed E-state index contributed by atoms with van der Waals surface area (Å²) in [4.78, 5) is 0. The zero-order valence-electron chi connectivity index (χ0n) is 11.9. The predicted octanol–water partition coefficient (Wildman–Crippen LogP) is 8.31. The molecule has 0 amide bonds. The Balaban J connectivity index is 2.51. The lowest BCUT2D eigenvalue weighted by atomic mass is 9.96. The van der Waals surface area contributed by atoms with Gasteiger partial charge >= 0.3 is 0 Å². The lowest BCUT2D eigenvalue weighted by Gasteiger charge is -2.12. The normalized spacial score (nSPS) is 11.9. The van der Waals surface area contributed by atoms with Gasteiger partial charge in [-0.25, -0.2) is 0 Å². The van der Waals surface area contributed by atoms with Crippen LogP contribution in [0.3, 0.4) is 0 Å². The summed E-state index contributed by atoms with van der Waals surface area (Å²) in [6.45, 7) is 4.54. The molecule has 0 atom stereocenters. The minimum absolute atomic E-state index is 1.16. The van der Waals surface area contributed by atoms with E-state index >= 15 is 0 Å². The molecule has 0 unspecified atom stereocenters. The molecule has 0 saturated carbocycles. The molecule has 2 heterocycles. The molecule has 0 aliphatic rings. The van der Waals surface area contributed by atoms with Crippen LogP contribution in [-0.4, -0.2) is 0 Å². The molecule has 0 spiro atoms. The minimum atomic E-state index is 1.16. The molecule has 0 aliphatic carbocycles. The fraction of sp³-hybridized carbons (Fsp3) is 0.375. The molecular formula is C16H15Br3S2. The van der Waals surface area contributed by atoms with Gasteiger partial charge in [0.05, 0.1) is 12.0 Å². The Hall–Kier alpha value is 0.580. The summed E-state index contributed by atoms with van der Waals surface area (Å²) in [5.41, 5.74) is 3.13. The van der Waals surface area contributed by atoms with Crippen LogP contribution in [0.1, 0.15) is 37.8 Å². The zero-order valence-corrected chi connectivity index (χ0v) is 18.2. The second kappa shape index (κ2) is 6.60. The maximum absolute atomic E-state index is 3.78. The third-order valence-electron chi connectivity index (χ3n) is 3.69. The molecule has 3 rings (SSSR count). The second-order valence-electron chi connectivity index (χ2n) is 5.14. The topological polar surface area (TPSA) is 0 Å². The van der Waals surface area contributed by atoms with Crippen molar-refractivity contribution in [3.8, 4) is 0 Å². The van der Waals surface area contributed by atoms with Crippen LogP contribution in [0.4, 0.5) is 0 Å². The van der Waals surface area contributed by atoms with E-state index in [0.717, 1.165) is 6.42 Å². The van der Waals surface area contributed by atoms with Gasteiger partial charge in [-0.1, -0.05) is 26.7 Å². The summed E-state index contributed by atoms with van der Waals surface area (Å²) in [6, 6.07) is 2.28. The van der Waals surface area contributed by atoms with Crippen molar-refractivity contribution < 1.29 is 0 Å². The quantitative estimate of drug-likeness (QED) is 0.331. The first-order valence-corrected chi connectivity index (χ1v) is 11.1. The maximum Gasteiger partial charge on any atom is 0.0853 e. The van der Waals surface area contributed by atoms with Crippen molar-refractivity contribution in [2.75, 3.05) is 0 Å². The van der Waals surface area contributed by atoms with Crippen LogP contribution in [0.2, 0.25) is 0 Å². The second-order valence-corrected chi connectivity index (χ2v) is 10.7. The van der Waals surface area contributed by atoms with Gasteiger partial charge < -0.3 is 0 Å². The molecule has 21 heavy (non-hydrogen) atoms. The van der Waals surface area contributed by atoms with Gasteiger partial charge in [0.15, 0.2) is 0 Å². The molecule has 0 fully saturated rings. The molecule has 0 N–H and O–H groups in total. The lowest BCUT2D eigenvalue weighted by molar-refractivity contribution is 0.876. The standard InChI is InChI=1S/C16H15Br3S2/c1-3-5-8-9(6-4-2)15-12(13(18)16(19)21-15)10-7-11(17)20-14(8)10/h7H,3-6H2,1-2H3. The van der Waals surface area contributed by atoms with Gasteiger partial charge in [0, 0.05) is 20.2 Å². The summed E-state index contributed by atoms with van der Waals surface area (Å²) in [7, 11) is 0. The van der Waals surface area contributed by atoms with Gasteiger partial charge in [-0.2, -0.15) is 0 Å². The molecule has 5 heteroatoms. The zero-order chi connectivity index (χ0) is 15.1. The minimum Gasteiger partial charge on any atom is -0.128 e. The van der Waals surface area contributed by atoms with Gasteiger partial charge in [0.2, 0.25) is 0 Å². The van der Waals surface area contributed by atoms with E-state index in [4.69, 9.17) is 0 Å². The van der Waals surface area contributed by atoms with Gasteiger partial charge in [0.1, 0.15) is 0 Å². The molecular weight excluding hydrogens is 496 g/mol. The summed E-state index contributed by atoms with van der Waals surface area (Å²) >= 11 is 14.9. The number of benzene rings is 1. The number of thiophene rings is 2. The Morgan fingerprint density at radius 3 is 2.14 bits per heavy atom. The van der Waals surface area contributed by atoms with E-state index in [9.17, 15) is 0 Å². The molecule has 3 aromatic rings. The van der Waals surface area contributed by atoms with Gasteiger partial charge in [-0.05, 0) is 77.8 Å². The van der Waals surface area contributed by atoms with E-state index < -0.39 is 0 Å². The molecule has 0 nitrogen and oxygen atoms in total. The lowest BCUT2D eigenvalue weighted by Crippen LogP contribution is -1.95. The molecule has 0 aliphatic heterocycles. The van der Waals surface area contributed by atoms with Crippen molar-refractivity contribution in [1.29, 1.82) is 0 Å². The molecule has 0 saturated heterocycles. The van der Waals surface area contributed by atoms with Crippen molar-refractivity contribution in [1.82, 2.24) is 0 Å². The van der Waals surface area contributed by atoms with E-state index in [2.05, 4.69) is 67.7 Å². The van der Waals surface area contributed by atoms with Crippen molar-refractivity contribution in [3.63, 3.8) is 0 Å². The first-order chi connectivity index (χ1) is 10.1. The van der Waals surface area contributed by atoms with E-state index in [1.165, 1.54) is 51.5 Å². The summed E-state index contributed by atoms with van der Waals surface area (Å²) in [6.07, 6.45) is 4.72. The Morgan fingerprint density at radius 2 is 1.52 bits per heavy atom. The van der Waals surface area contributed by atoms with Gasteiger partial charge in [0.25, 0.3) is 0 Å². The highest BCUT2D eigenvalue weighted by atomic mass is 79.9. The van der Waals surface area contributed by atoms with E-state index in [1.54, 1.807) is 11.1 Å². The highest BCUT2D eigenvalue weighted by Gasteiger charge is 2.20. The fourth-order valence-corrected chi connectivity index (χ4v) is 7.12. The predicted molar refractivity (Wildman–Crippen MR) is 108 cm³/mol. The summed E-state index contributed by atoms with van der Waals surface area (Å²) in [5.74, 6) is 0. The number of aryl methyl sites for hydroxylation is 2. The molecule has 2 aromatic heterocycles. The van der Waals surface area contributed by atoms with Crippen LogP contribution in [0.25, 0.3) is 20.2 Å². The van der Waals surface area contributed by atoms with E-state index in [0.29, 0.717) is 0 Å². The van der Waals surface area contributed by atoms with Crippen LogP contribution in [0.15, 0.2) is 18.1 Å². The van der Waals surface area contributed by atoms with Crippen molar-refractivity contribution in [2.24, 2.45) is 0 Å². The highest BCUT2D eigenvalue weighted by Crippen LogP contribution is 2.49. The van der Waals surface area contributed by atoms with Crippen LogP contribution in [-0.2, 0) is 12.8 Å². The smallest absolute Gasteiger partial charge is 0.0853 e. The SMILES string of the molecule is CCCc1c(CCC)c2sc(Br)c(Br)c2c2cc(Br)sc12. The molecule has 0 radical (unpaired) electrons. The van der Waals surface area contributed by atoms with Crippen molar-refractivity contribution >= 4 is 90.6 Å².